The highest BCUT2D eigenvalue weighted by molar-refractivity contribution is 6.46. The first-order valence-corrected chi connectivity index (χ1v) is 10.5. The number of hydrogen-bond donors (Lipinski definition) is 2. The molecule has 0 aromatic heterocycles. The second-order valence-electron chi connectivity index (χ2n) is 7.48. The van der Waals surface area contributed by atoms with E-state index in [1.54, 1.807) is 66.7 Å². The van der Waals surface area contributed by atoms with Crippen LogP contribution in [0.3, 0.4) is 0 Å². The van der Waals surface area contributed by atoms with Crippen molar-refractivity contribution in [1.29, 1.82) is 0 Å². The molecule has 0 spiro atoms. The summed E-state index contributed by atoms with van der Waals surface area (Å²) in [7, 11) is 3.00. The molecule has 0 unspecified atom stereocenters. The smallest absolute Gasteiger partial charge is 0.282 e. The lowest BCUT2D eigenvalue weighted by Crippen LogP contribution is -2.32. The van der Waals surface area contributed by atoms with Gasteiger partial charge in [0, 0.05) is 24.4 Å². The Morgan fingerprint density at radius 3 is 2.06 bits per heavy atom. The maximum absolute atomic E-state index is 13.5. The maximum Gasteiger partial charge on any atom is 0.282 e. The number of benzene rings is 3. The molecule has 0 aliphatic carbocycles. The highest BCUT2D eigenvalue weighted by atomic mass is 16.5. The summed E-state index contributed by atoms with van der Waals surface area (Å²) in [6.45, 7) is 1.43. The number of nitrogens with one attached hydrogen (secondary N) is 2. The Hall–Kier alpha value is -4.59. The zero-order valence-electron chi connectivity index (χ0n) is 18.9. The first-order chi connectivity index (χ1) is 16.4. The second kappa shape index (κ2) is 9.50. The molecular weight excluding hydrogens is 434 g/mol. The van der Waals surface area contributed by atoms with Gasteiger partial charge >= 0.3 is 0 Å². The van der Waals surface area contributed by atoms with E-state index in [2.05, 4.69) is 10.6 Å². The molecule has 172 valence electrons. The Morgan fingerprint density at radius 1 is 0.794 bits per heavy atom. The number of amides is 3. The second-order valence-corrected chi connectivity index (χ2v) is 7.48. The van der Waals surface area contributed by atoms with Crippen molar-refractivity contribution in [1.82, 2.24) is 0 Å². The Labute approximate surface area is 196 Å². The van der Waals surface area contributed by atoms with Gasteiger partial charge < -0.3 is 20.1 Å². The van der Waals surface area contributed by atoms with Gasteiger partial charge in [-0.2, -0.15) is 0 Å². The Bertz CT molecular complexity index is 1280. The van der Waals surface area contributed by atoms with Crippen molar-refractivity contribution in [3.63, 3.8) is 0 Å². The number of methoxy groups -OCH3 is 2. The third-order valence-corrected chi connectivity index (χ3v) is 5.25. The summed E-state index contributed by atoms with van der Waals surface area (Å²) in [5.74, 6) is -0.254. The molecule has 3 amide bonds. The van der Waals surface area contributed by atoms with Crippen LogP contribution < -0.4 is 25.0 Å². The predicted molar refractivity (Wildman–Crippen MR) is 130 cm³/mol. The largest absolute Gasteiger partial charge is 0.493 e. The minimum atomic E-state index is -0.498. The highest BCUT2D eigenvalue weighted by Gasteiger charge is 2.40. The summed E-state index contributed by atoms with van der Waals surface area (Å²) in [5.41, 5.74) is 2.59. The van der Waals surface area contributed by atoms with Gasteiger partial charge in [-0.05, 0) is 42.0 Å². The maximum atomic E-state index is 13.5. The summed E-state index contributed by atoms with van der Waals surface area (Å²) in [6, 6.07) is 20.7. The van der Waals surface area contributed by atoms with Crippen LogP contribution in [-0.2, 0) is 14.4 Å². The van der Waals surface area contributed by atoms with Crippen molar-refractivity contribution < 1.29 is 23.9 Å². The lowest BCUT2D eigenvalue weighted by Gasteiger charge is -2.17. The minimum absolute atomic E-state index is 0.151. The molecular formula is C26H23N3O5. The summed E-state index contributed by atoms with van der Waals surface area (Å²) < 4.78 is 10.6. The average Bonchev–Trinajstić information content (AvgIpc) is 3.09. The van der Waals surface area contributed by atoms with E-state index in [0.29, 0.717) is 34.1 Å². The van der Waals surface area contributed by atoms with Gasteiger partial charge in [0.25, 0.3) is 11.8 Å². The summed E-state index contributed by atoms with van der Waals surface area (Å²) >= 11 is 0. The Morgan fingerprint density at radius 2 is 1.44 bits per heavy atom. The standard InChI is InChI=1S/C26H23N3O5/c1-16(30)27-18-9-11-19(12-10-18)28-24-23(17-7-5-4-6-8-17)25(31)29(26(24)32)20-13-14-21(33-2)22(15-20)34-3/h4-15,28H,1-3H3,(H,27,30). The van der Waals surface area contributed by atoms with Crippen LogP contribution in [0.5, 0.6) is 11.5 Å². The molecule has 1 aliphatic rings. The fraction of sp³-hybridized carbons (Fsp3) is 0.115. The molecule has 3 aromatic carbocycles. The zero-order valence-corrected chi connectivity index (χ0v) is 18.9. The molecule has 0 atom stereocenters. The average molecular weight is 457 g/mol. The van der Waals surface area contributed by atoms with Gasteiger partial charge in [0.05, 0.1) is 25.5 Å². The molecule has 8 nitrogen and oxygen atoms in total. The van der Waals surface area contributed by atoms with E-state index in [4.69, 9.17) is 9.47 Å². The van der Waals surface area contributed by atoms with E-state index in [9.17, 15) is 14.4 Å². The Kier molecular flexibility index (Phi) is 6.31. The molecule has 0 saturated carbocycles. The summed E-state index contributed by atoms with van der Waals surface area (Å²) in [4.78, 5) is 39.4. The summed E-state index contributed by atoms with van der Waals surface area (Å²) in [5, 5.41) is 5.79. The van der Waals surface area contributed by atoms with Crippen molar-refractivity contribution >= 4 is 40.4 Å². The predicted octanol–water partition coefficient (Wildman–Crippen LogP) is 4.06. The molecule has 3 aromatic rings. The van der Waals surface area contributed by atoms with Gasteiger partial charge in [0.1, 0.15) is 5.70 Å². The third-order valence-electron chi connectivity index (χ3n) is 5.25. The highest BCUT2D eigenvalue weighted by Crippen LogP contribution is 2.37. The molecule has 4 rings (SSSR count). The van der Waals surface area contributed by atoms with E-state index in [1.807, 2.05) is 6.07 Å². The van der Waals surface area contributed by atoms with E-state index < -0.39 is 11.8 Å². The summed E-state index contributed by atoms with van der Waals surface area (Å²) in [6.07, 6.45) is 0. The van der Waals surface area contributed by atoms with Gasteiger partial charge in [-0.3, -0.25) is 14.4 Å². The van der Waals surface area contributed by atoms with Crippen LogP contribution in [0.1, 0.15) is 12.5 Å². The third kappa shape index (κ3) is 4.33. The van der Waals surface area contributed by atoms with Crippen LogP contribution in [0.15, 0.2) is 78.5 Å². The van der Waals surface area contributed by atoms with E-state index >= 15 is 0 Å². The number of carbonyl (C=O) groups is 3. The van der Waals surface area contributed by atoms with E-state index in [0.717, 1.165) is 4.90 Å². The number of imide groups is 1. The van der Waals surface area contributed by atoms with Crippen molar-refractivity contribution in [2.75, 3.05) is 29.8 Å². The molecule has 0 saturated heterocycles. The molecule has 8 heteroatoms. The monoisotopic (exact) mass is 457 g/mol. The molecule has 34 heavy (non-hydrogen) atoms. The van der Waals surface area contributed by atoms with Crippen molar-refractivity contribution in [2.45, 2.75) is 6.92 Å². The lowest BCUT2D eigenvalue weighted by molar-refractivity contribution is -0.120. The fourth-order valence-corrected chi connectivity index (χ4v) is 3.70. The first-order valence-electron chi connectivity index (χ1n) is 10.5. The lowest BCUT2D eigenvalue weighted by atomic mass is 10.0. The topological polar surface area (TPSA) is 97.0 Å². The van der Waals surface area contributed by atoms with Gasteiger partial charge in [-0.25, -0.2) is 4.90 Å². The quantitative estimate of drug-likeness (QED) is 0.520. The molecule has 1 aliphatic heterocycles. The van der Waals surface area contributed by atoms with Crippen LogP contribution in [0.4, 0.5) is 17.1 Å². The normalized spacial score (nSPS) is 13.2. The molecule has 2 N–H and O–H groups in total. The van der Waals surface area contributed by atoms with Crippen LogP contribution in [0, 0.1) is 0 Å². The number of anilines is 3. The van der Waals surface area contributed by atoms with Gasteiger partial charge in [0.2, 0.25) is 5.91 Å². The number of nitrogens with zero attached hydrogens (tertiary/aromatic N) is 1. The van der Waals surface area contributed by atoms with Crippen LogP contribution in [0.25, 0.3) is 5.57 Å². The molecule has 0 bridgehead atoms. The first kappa shape index (κ1) is 22.6. The number of carbonyl (C=O) groups excluding carboxylic acids is 3. The molecule has 0 fully saturated rings. The SMILES string of the molecule is COc1ccc(N2C(=O)C(Nc3ccc(NC(C)=O)cc3)=C(c3ccccc3)C2=O)cc1OC. The fourth-order valence-electron chi connectivity index (χ4n) is 3.70. The Balaban J connectivity index is 1.74. The van der Waals surface area contributed by atoms with Crippen molar-refractivity contribution in [3.05, 3.63) is 84.1 Å². The van der Waals surface area contributed by atoms with Crippen molar-refractivity contribution in [3.8, 4) is 11.5 Å². The van der Waals surface area contributed by atoms with Gasteiger partial charge in [-0.15, -0.1) is 0 Å². The van der Waals surface area contributed by atoms with Gasteiger partial charge in [0.15, 0.2) is 11.5 Å². The zero-order chi connectivity index (χ0) is 24.2. The number of hydrogen-bond acceptors (Lipinski definition) is 6. The van der Waals surface area contributed by atoms with E-state index in [-0.39, 0.29) is 17.2 Å². The molecule has 0 radical (unpaired) electrons. The molecule has 1 heterocycles. The van der Waals surface area contributed by atoms with Crippen LogP contribution >= 0.6 is 0 Å². The van der Waals surface area contributed by atoms with Gasteiger partial charge in [-0.1, -0.05) is 30.3 Å². The van der Waals surface area contributed by atoms with Crippen LogP contribution in [-0.4, -0.2) is 31.9 Å². The van der Waals surface area contributed by atoms with Crippen LogP contribution in [0.2, 0.25) is 0 Å². The van der Waals surface area contributed by atoms with E-state index in [1.165, 1.54) is 21.1 Å². The number of ether oxygens (including phenoxy) is 2. The van der Waals surface area contributed by atoms with Crippen molar-refractivity contribution in [2.24, 2.45) is 0 Å². The minimum Gasteiger partial charge on any atom is -0.493 e. The number of rotatable bonds is 7.